The number of ether oxygens (including phenoxy) is 1. The minimum Gasteiger partial charge on any atom is -0.461 e. The molecule has 1 aromatic carbocycles. The highest BCUT2D eigenvalue weighted by Gasteiger charge is 2.04. The average Bonchev–Trinajstić information content (AvgIpc) is 2.46. The van der Waals surface area contributed by atoms with Crippen molar-refractivity contribution in [3.8, 4) is 0 Å². The van der Waals surface area contributed by atoms with E-state index in [4.69, 9.17) is 4.74 Å². The molecule has 0 heterocycles. The van der Waals surface area contributed by atoms with Crippen molar-refractivity contribution in [2.24, 2.45) is 4.99 Å². The highest BCUT2D eigenvalue weighted by atomic mass is 16.5. The molecule has 0 aliphatic heterocycles. The van der Waals surface area contributed by atoms with Crippen LogP contribution in [0.1, 0.15) is 39.2 Å². The van der Waals surface area contributed by atoms with E-state index in [0.717, 1.165) is 23.1 Å². The van der Waals surface area contributed by atoms with Gasteiger partial charge in [-0.2, -0.15) is 0 Å². The smallest absolute Gasteiger partial charge is 0.310 e. The maximum Gasteiger partial charge on any atom is 0.310 e. The van der Waals surface area contributed by atoms with Crippen LogP contribution in [0.25, 0.3) is 0 Å². The minimum absolute atomic E-state index is 0.233. The first-order valence-corrected chi connectivity index (χ1v) is 7.17. The number of hydrogen-bond donors (Lipinski definition) is 0. The van der Waals surface area contributed by atoms with Crippen molar-refractivity contribution >= 4 is 12.2 Å². The first-order valence-electron chi connectivity index (χ1n) is 7.17. The zero-order valence-electron chi connectivity index (χ0n) is 13.0. The molecular weight excluding hydrogens is 262 g/mol. The summed E-state index contributed by atoms with van der Waals surface area (Å²) in [4.78, 5) is 15.9. The number of rotatable bonds is 7. The monoisotopic (exact) mass is 285 g/mol. The minimum atomic E-state index is -0.233. The van der Waals surface area contributed by atoms with Crippen LogP contribution in [-0.4, -0.2) is 12.2 Å². The normalized spacial score (nSPS) is 12.7. The summed E-state index contributed by atoms with van der Waals surface area (Å²) in [7, 11) is 0. The van der Waals surface area contributed by atoms with Crippen LogP contribution in [0.5, 0.6) is 0 Å². The predicted molar refractivity (Wildman–Crippen MR) is 87.2 cm³/mol. The van der Waals surface area contributed by atoms with Crippen LogP contribution in [-0.2, 0) is 16.1 Å². The van der Waals surface area contributed by atoms with Crippen LogP contribution >= 0.6 is 0 Å². The molecule has 0 aliphatic carbocycles. The molecular formula is C18H23NO2. The topological polar surface area (TPSA) is 38.7 Å². The lowest BCUT2D eigenvalue weighted by atomic mass is 10.2. The Morgan fingerprint density at radius 3 is 2.62 bits per heavy atom. The van der Waals surface area contributed by atoms with Gasteiger partial charge in [0.15, 0.2) is 0 Å². The van der Waals surface area contributed by atoms with Gasteiger partial charge in [-0.15, -0.1) is 0 Å². The molecule has 3 nitrogen and oxygen atoms in total. The molecule has 0 amide bonds. The Bertz CT molecular complexity index is 527. The summed E-state index contributed by atoms with van der Waals surface area (Å²) in [6.07, 6.45) is 6.85. The summed E-state index contributed by atoms with van der Waals surface area (Å²) < 4.78 is 5.22. The lowest BCUT2D eigenvalue weighted by Crippen LogP contribution is -2.04. The number of aliphatic imine (C=N–C) groups is 1. The van der Waals surface area contributed by atoms with Gasteiger partial charge < -0.3 is 4.74 Å². The first-order chi connectivity index (χ1) is 10.1. The molecule has 3 heteroatoms. The maximum atomic E-state index is 11.7. The summed E-state index contributed by atoms with van der Waals surface area (Å²) in [5.74, 6) is -0.233. The van der Waals surface area contributed by atoms with Crippen LogP contribution in [0, 0.1) is 0 Å². The summed E-state index contributed by atoms with van der Waals surface area (Å²) >= 11 is 0. The molecule has 0 bridgehead atoms. The average molecular weight is 285 g/mol. The Morgan fingerprint density at radius 2 is 1.95 bits per heavy atom. The molecule has 0 spiro atoms. The third-order valence-electron chi connectivity index (χ3n) is 2.77. The molecule has 0 N–H and O–H groups in total. The van der Waals surface area contributed by atoms with Crippen molar-refractivity contribution in [3.63, 3.8) is 0 Å². The Kier molecular flexibility index (Phi) is 7.80. The molecule has 0 fully saturated rings. The van der Waals surface area contributed by atoms with E-state index in [1.807, 2.05) is 44.2 Å². The van der Waals surface area contributed by atoms with Crippen molar-refractivity contribution in [3.05, 3.63) is 59.3 Å². The van der Waals surface area contributed by atoms with Gasteiger partial charge in [0.25, 0.3) is 0 Å². The number of esters is 1. The van der Waals surface area contributed by atoms with Gasteiger partial charge in [-0.1, -0.05) is 43.3 Å². The summed E-state index contributed by atoms with van der Waals surface area (Å²) in [6, 6.07) is 9.65. The van der Waals surface area contributed by atoms with Gasteiger partial charge in [0, 0.05) is 12.4 Å². The van der Waals surface area contributed by atoms with Crippen molar-refractivity contribution < 1.29 is 9.53 Å². The van der Waals surface area contributed by atoms with E-state index in [2.05, 4.69) is 18.0 Å². The second-order valence-electron chi connectivity index (χ2n) is 4.93. The number of allylic oxidation sites excluding steroid dienone is 2. The molecule has 0 atom stereocenters. The number of hydrogen-bond acceptors (Lipinski definition) is 3. The SMILES string of the molecule is CCC=C(C)C=N/C=C(\C)CC(=O)OCc1ccccc1. The van der Waals surface area contributed by atoms with Crippen LogP contribution in [0.4, 0.5) is 0 Å². The third-order valence-corrected chi connectivity index (χ3v) is 2.77. The van der Waals surface area contributed by atoms with Crippen molar-refractivity contribution in [1.82, 2.24) is 0 Å². The standard InChI is InChI=1S/C18H23NO2/c1-4-8-15(2)12-19-13-16(3)11-18(20)21-14-17-9-6-5-7-10-17/h5-10,12-13H,4,11,14H2,1-3H3/b15-8?,16-13+,19-12?. The highest BCUT2D eigenvalue weighted by Crippen LogP contribution is 2.06. The van der Waals surface area contributed by atoms with Gasteiger partial charge in [-0.25, -0.2) is 0 Å². The van der Waals surface area contributed by atoms with Gasteiger partial charge in [-0.3, -0.25) is 9.79 Å². The zero-order chi connectivity index (χ0) is 15.5. The zero-order valence-corrected chi connectivity index (χ0v) is 13.0. The molecule has 0 unspecified atom stereocenters. The Balaban J connectivity index is 2.38. The van der Waals surface area contributed by atoms with E-state index in [0.29, 0.717) is 6.61 Å². The quantitative estimate of drug-likeness (QED) is 0.548. The van der Waals surface area contributed by atoms with Crippen LogP contribution in [0.15, 0.2) is 58.7 Å². The number of benzene rings is 1. The van der Waals surface area contributed by atoms with Gasteiger partial charge in [-0.05, 0) is 37.0 Å². The summed E-state index contributed by atoms with van der Waals surface area (Å²) in [5.41, 5.74) is 2.99. The molecule has 1 aromatic rings. The first kappa shape index (κ1) is 16.9. The molecule has 0 radical (unpaired) electrons. The molecule has 1 rings (SSSR count). The largest absolute Gasteiger partial charge is 0.461 e. The number of nitrogens with zero attached hydrogens (tertiary/aromatic N) is 1. The fourth-order valence-corrected chi connectivity index (χ4v) is 1.72. The lowest BCUT2D eigenvalue weighted by Gasteiger charge is -2.04. The van der Waals surface area contributed by atoms with E-state index in [-0.39, 0.29) is 12.4 Å². The Morgan fingerprint density at radius 1 is 1.24 bits per heavy atom. The van der Waals surface area contributed by atoms with Crippen LogP contribution in [0.3, 0.4) is 0 Å². The van der Waals surface area contributed by atoms with Crippen molar-refractivity contribution in [1.29, 1.82) is 0 Å². The number of carbonyl (C=O) groups is 1. The highest BCUT2D eigenvalue weighted by molar-refractivity contribution is 5.78. The van der Waals surface area contributed by atoms with E-state index in [1.165, 1.54) is 0 Å². The predicted octanol–water partition coefficient (Wildman–Crippen LogP) is 4.45. The summed E-state index contributed by atoms with van der Waals surface area (Å²) in [5, 5.41) is 0. The fraction of sp³-hybridized carbons (Fsp3) is 0.333. The van der Waals surface area contributed by atoms with Gasteiger partial charge >= 0.3 is 5.97 Å². The van der Waals surface area contributed by atoms with Gasteiger partial charge in [0.05, 0.1) is 6.42 Å². The number of carbonyl (C=O) groups excluding carboxylic acids is 1. The van der Waals surface area contributed by atoms with Crippen molar-refractivity contribution in [2.75, 3.05) is 0 Å². The maximum absolute atomic E-state index is 11.7. The molecule has 0 saturated carbocycles. The lowest BCUT2D eigenvalue weighted by molar-refractivity contribution is -0.144. The third kappa shape index (κ3) is 7.88. The van der Waals surface area contributed by atoms with Gasteiger partial charge in [0.1, 0.15) is 6.61 Å². The fourth-order valence-electron chi connectivity index (χ4n) is 1.72. The van der Waals surface area contributed by atoms with Gasteiger partial charge in [0.2, 0.25) is 0 Å². The molecule has 0 aliphatic rings. The molecule has 0 aromatic heterocycles. The molecule has 112 valence electrons. The van der Waals surface area contributed by atoms with Crippen LogP contribution < -0.4 is 0 Å². The second-order valence-corrected chi connectivity index (χ2v) is 4.93. The van der Waals surface area contributed by atoms with E-state index < -0.39 is 0 Å². The molecule has 0 saturated heterocycles. The molecule has 21 heavy (non-hydrogen) atoms. The Hall–Kier alpha value is -2.16. The van der Waals surface area contributed by atoms with E-state index in [9.17, 15) is 4.79 Å². The Labute approximate surface area is 127 Å². The second kappa shape index (κ2) is 9.70. The summed E-state index contributed by atoms with van der Waals surface area (Å²) in [6.45, 7) is 6.28. The van der Waals surface area contributed by atoms with Crippen molar-refractivity contribution in [2.45, 2.75) is 40.2 Å². The van der Waals surface area contributed by atoms with Crippen LogP contribution in [0.2, 0.25) is 0 Å². The van der Waals surface area contributed by atoms with E-state index >= 15 is 0 Å². The van der Waals surface area contributed by atoms with E-state index in [1.54, 1.807) is 12.4 Å².